The molecule has 1 N–H and O–H groups in total. The highest BCUT2D eigenvalue weighted by Crippen LogP contribution is 2.16. The molecule has 2 aromatic carbocycles. The van der Waals surface area contributed by atoms with Gasteiger partial charge >= 0.3 is 0 Å². The molecule has 0 aliphatic rings. The van der Waals surface area contributed by atoms with Crippen molar-refractivity contribution in [2.75, 3.05) is 19.6 Å². The molecule has 0 heterocycles. The average Bonchev–Trinajstić information content (AvgIpc) is 2.56. The molecule has 0 spiro atoms. The van der Waals surface area contributed by atoms with Gasteiger partial charge < -0.3 is 5.32 Å². The summed E-state index contributed by atoms with van der Waals surface area (Å²) in [6.07, 6.45) is 1.34. The molecule has 1 amide bonds. The van der Waals surface area contributed by atoms with E-state index in [2.05, 4.69) is 61.3 Å². The summed E-state index contributed by atoms with van der Waals surface area (Å²) in [7, 11) is 0. The molecule has 0 aliphatic heterocycles. The van der Waals surface area contributed by atoms with Crippen molar-refractivity contribution in [3.63, 3.8) is 0 Å². The summed E-state index contributed by atoms with van der Waals surface area (Å²) >= 11 is 0. The Morgan fingerprint density at radius 2 is 1.87 bits per heavy atom. The van der Waals surface area contributed by atoms with Gasteiger partial charge in [-0.3, -0.25) is 9.69 Å². The Labute approximate surface area is 139 Å². The lowest BCUT2D eigenvalue weighted by molar-refractivity contribution is -0.121. The first-order valence-corrected chi connectivity index (χ1v) is 8.58. The summed E-state index contributed by atoms with van der Waals surface area (Å²) in [5.74, 6) is 0.137. The van der Waals surface area contributed by atoms with Crippen LogP contribution in [0, 0.1) is 0 Å². The molecule has 0 radical (unpaired) electrons. The number of rotatable bonds is 8. The van der Waals surface area contributed by atoms with E-state index in [4.69, 9.17) is 0 Å². The molecule has 3 heteroatoms. The number of aryl methyl sites for hydroxylation is 1. The molecule has 2 aromatic rings. The molecular formula is C20H28N2O. The van der Waals surface area contributed by atoms with Crippen LogP contribution in [0.4, 0.5) is 0 Å². The second kappa shape index (κ2) is 8.68. The standard InChI is InChI=1S/C20H28N2O/c1-4-22(16(2)3)14-13-21-20(23)12-10-17-9-11-18-7-5-6-8-19(18)15-17/h5-9,11,15-16H,4,10,12-14H2,1-3H3,(H,21,23). The van der Waals surface area contributed by atoms with Crippen LogP contribution >= 0.6 is 0 Å². The van der Waals surface area contributed by atoms with E-state index in [-0.39, 0.29) is 5.91 Å². The van der Waals surface area contributed by atoms with E-state index in [1.54, 1.807) is 0 Å². The fourth-order valence-corrected chi connectivity index (χ4v) is 2.86. The van der Waals surface area contributed by atoms with Crippen LogP contribution < -0.4 is 5.32 Å². The van der Waals surface area contributed by atoms with Gasteiger partial charge in [-0.1, -0.05) is 49.4 Å². The lowest BCUT2D eigenvalue weighted by Gasteiger charge is -2.24. The first kappa shape index (κ1) is 17.5. The number of carbonyl (C=O) groups excluding carboxylic acids is 1. The monoisotopic (exact) mass is 312 g/mol. The van der Waals surface area contributed by atoms with Crippen LogP contribution in [0.5, 0.6) is 0 Å². The maximum Gasteiger partial charge on any atom is 0.220 e. The van der Waals surface area contributed by atoms with Gasteiger partial charge in [-0.05, 0) is 43.1 Å². The topological polar surface area (TPSA) is 32.3 Å². The highest BCUT2D eigenvalue weighted by molar-refractivity contribution is 5.83. The summed E-state index contributed by atoms with van der Waals surface area (Å²) < 4.78 is 0. The number of nitrogens with zero attached hydrogens (tertiary/aromatic N) is 1. The first-order chi connectivity index (χ1) is 11.1. The van der Waals surface area contributed by atoms with Crippen molar-refractivity contribution in [2.24, 2.45) is 0 Å². The quantitative estimate of drug-likeness (QED) is 0.807. The minimum Gasteiger partial charge on any atom is -0.355 e. The first-order valence-electron chi connectivity index (χ1n) is 8.58. The van der Waals surface area contributed by atoms with Gasteiger partial charge in [-0.2, -0.15) is 0 Å². The lowest BCUT2D eigenvalue weighted by atomic mass is 10.0. The van der Waals surface area contributed by atoms with Gasteiger partial charge in [-0.15, -0.1) is 0 Å². The molecule has 0 saturated carbocycles. The number of benzene rings is 2. The van der Waals surface area contributed by atoms with Crippen molar-refractivity contribution in [1.82, 2.24) is 10.2 Å². The van der Waals surface area contributed by atoms with Crippen LogP contribution in [0.1, 0.15) is 32.8 Å². The maximum absolute atomic E-state index is 12.0. The highest BCUT2D eigenvalue weighted by atomic mass is 16.1. The predicted octanol–water partition coefficient (Wildman–Crippen LogP) is 3.62. The Morgan fingerprint density at radius 3 is 2.57 bits per heavy atom. The minimum atomic E-state index is 0.137. The van der Waals surface area contributed by atoms with Gasteiger partial charge in [0, 0.05) is 25.6 Å². The van der Waals surface area contributed by atoms with E-state index in [9.17, 15) is 4.79 Å². The van der Waals surface area contributed by atoms with Crippen molar-refractivity contribution in [2.45, 2.75) is 39.7 Å². The Bertz CT molecular complexity index is 636. The van der Waals surface area contributed by atoms with E-state index >= 15 is 0 Å². The zero-order chi connectivity index (χ0) is 16.7. The third-order valence-corrected chi connectivity index (χ3v) is 4.31. The Balaban J connectivity index is 1.77. The van der Waals surface area contributed by atoms with Crippen molar-refractivity contribution in [1.29, 1.82) is 0 Å². The molecule has 0 fully saturated rings. The number of nitrogens with one attached hydrogen (secondary N) is 1. The van der Waals surface area contributed by atoms with Crippen LogP contribution in [-0.2, 0) is 11.2 Å². The predicted molar refractivity (Wildman–Crippen MR) is 97.7 cm³/mol. The summed E-state index contributed by atoms with van der Waals surface area (Å²) in [5.41, 5.74) is 1.22. The van der Waals surface area contributed by atoms with Gasteiger partial charge in [0.2, 0.25) is 5.91 Å². The lowest BCUT2D eigenvalue weighted by Crippen LogP contribution is -2.38. The normalized spacial score (nSPS) is 11.3. The van der Waals surface area contributed by atoms with Gasteiger partial charge in [0.15, 0.2) is 0 Å². The van der Waals surface area contributed by atoms with Crippen molar-refractivity contribution >= 4 is 16.7 Å². The third kappa shape index (κ3) is 5.36. The van der Waals surface area contributed by atoms with Crippen LogP contribution in [0.3, 0.4) is 0 Å². The van der Waals surface area contributed by atoms with Crippen LogP contribution in [0.25, 0.3) is 10.8 Å². The molecule has 0 aromatic heterocycles. The minimum absolute atomic E-state index is 0.137. The summed E-state index contributed by atoms with van der Waals surface area (Å²) in [6.45, 7) is 9.18. The SMILES string of the molecule is CCN(CCNC(=O)CCc1ccc2ccccc2c1)C(C)C. The van der Waals surface area contributed by atoms with Gasteiger partial charge in [0.1, 0.15) is 0 Å². The number of hydrogen-bond donors (Lipinski definition) is 1. The number of amides is 1. The average molecular weight is 312 g/mol. The van der Waals surface area contributed by atoms with Gasteiger partial charge in [-0.25, -0.2) is 0 Å². The van der Waals surface area contributed by atoms with Gasteiger partial charge in [0.25, 0.3) is 0 Å². The van der Waals surface area contributed by atoms with Crippen molar-refractivity contribution < 1.29 is 4.79 Å². The highest BCUT2D eigenvalue weighted by Gasteiger charge is 2.07. The molecule has 124 valence electrons. The molecule has 0 bridgehead atoms. The van der Waals surface area contributed by atoms with E-state index in [0.29, 0.717) is 12.5 Å². The maximum atomic E-state index is 12.0. The van der Waals surface area contributed by atoms with Crippen molar-refractivity contribution in [3.05, 3.63) is 48.0 Å². The molecule has 0 aliphatic carbocycles. The zero-order valence-electron chi connectivity index (χ0n) is 14.5. The number of carbonyl (C=O) groups is 1. The Kier molecular flexibility index (Phi) is 6.60. The van der Waals surface area contributed by atoms with Crippen LogP contribution in [0.2, 0.25) is 0 Å². The largest absolute Gasteiger partial charge is 0.355 e. The molecule has 0 saturated heterocycles. The van der Waals surface area contributed by atoms with E-state index in [0.717, 1.165) is 26.1 Å². The molecule has 0 atom stereocenters. The fourth-order valence-electron chi connectivity index (χ4n) is 2.86. The van der Waals surface area contributed by atoms with E-state index < -0.39 is 0 Å². The molecular weight excluding hydrogens is 284 g/mol. The van der Waals surface area contributed by atoms with Crippen molar-refractivity contribution in [3.8, 4) is 0 Å². The molecule has 3 nitrogen and oxygen atoms in total. The summed E-state index contributed by atoms with van der Waals surface area (Å²) in [5, 5.41) is 5.51. The van der Waals surface area contributed by atoms with E-state index in [1.165, 1.54) is 16.3 Å². The zero-order valence-corrected chi connectivity index (χ0v) is 14.5. The van der Waals surface area contributed by atoms with E-state index in [1.807, 2.05) is 12.1 Å². The second-order valence-corrected chi connectivity index (χ2v) is 6.25. The summed E-state index contributed by atoms with van der Waals surface area (Å²) in [6, 6.07) is 15.3. The number of fused-ring (bicyclic) bond motifs is 1. The summed E-state index contributed by atoms with van der Waals surface area (Å²) in [4.78, 5) is 14.3. The van der Waals surface area contributed by atoms with Crippen LogP contribution in [-0.4, -0.2) is 36.5 Å². The number of hydrogen-bond acceptors (Lipinski definition) is 2. The van der Waals surface area contributed by atoms with Crippen LogP contribution in [0.15, 0.2) is 42.5 Å². The number of likely N-dealkylation sites (N-methyl/N-ethyl adjacent to an activating group) is 1. The van der Waals surface area contributed by atoms with Gasteiger partial charge in [0.05, 0.1) is 0 Å². The Hall–Kier alpha value is -1.87. The molecule has 2 rings (SSSR count). The molecule has 0 unspecified atom stereocenters. The molecule has 23 heavy (non-hydrogen) atoms. The Morgan fingerprint density at radius 1 is 1.13 bits per heavy atom. The second-order valence-electron chi connectivity index (χ2n) is 6.25. The fraction of sp³-hybridized carbons (Fsp3) is 0.450. The smallest absolute Gasteiger partial charge is 0.220 e. The third-order valence-electron chi connectivity index (χ3n) is 4.31.